The molecular weight excluding hydrogens is 549 g/mol. The molecule has 0 radical (unpaired) electrons. The molecule has 1 unspecified atom stereocenters. The van der Waals surface area contributed by atoms with Crippen molar-refractivity contribution >= 4 is 42.1 Å². The zero-order chi connectivity index (χ0) is 27.8. The highest BCUT2D eigenvalue weighted by molar-refractivity contribution is 7.53. The number of fused-ring (bicyclic) bond motifs is 1. The molecule has 206 valence electrons. The SMILES string of the molecule is COc1ccc(C(=O)COP(=O)(CCOCCn2cnc3c(=O)[nH]c(N)nc32)OCc2cccc(Cl)c2)cc1. The number of nitrogens with two attached hydrogens (primary N) is 1. The average Bonchev–Trinajstić information content (AvgIpc) is 3.33. The van der Waals surface area contributed by atoms with Crippen LogP contribution >= 0.6 is 19.2 Å². The van der Waals surface area contributed by atoms with Crippen molar-refractivity contribution in [2.75, 3.05) is 38.8 Å². The van der Waals surface area contributed by atoms with Gasteiger partial charge in [0.15, 0.2) is 16.9 Å². The molecule has 0 spiro atoms. The Morgan fingerprint density at radius 2 is 1.95 bits per heavy atom. The first-order valence-corrected chi connectivity index (χ1v) is 13.9. The molecule has 2 heterocycles. The summed E-state index contributed by atoms with van der Waals surface area (Å²) in [7, 11) is -2.22. The maximum absolute atomic E-state index is 13.5. The Bertz CT molecular complexity index is 1540. The third-order valence-electron chi connectivity index (χ3n) is 5.60. The van der Waals surface area contributed by atoms with Gasteiger partial charge in [0.05, 0.1) is 39.4 Å². The molecular formula is C25H27ClN5O7P. The maximum atomic E-state index is 13.5. The predicted molar refractivity (Wildman–Crippen MR) is 145 cm³/mol. The van der Waals surface area contributed by atoms with Crippen molar-refractivity contribution in [1.29, 1.82) is 0 Å². The minimum atomic E-state index is -3.75. The van der Waals surface area contributed by atoms with Crippen molar-refractivity contribution in [2.45, 2.75) is 13.2 Å². The molecule has 0 bridgehead atoms. The largest absolute Gasteiger partial charge is 0.497 e. The van der Waals surface area contributed by atoms with Crippen molar-refractivity contribution in [3.05, 3.63) is 81.4 Å². The lowest BCUT2D eigenvalue weighted by Gasteiger charge is -2.19. The molecule has 3 N–H and O–H groups in total. The second kappa shape index (κ2) is 13.0. The number of ketones is 1. The fraction of sp³-hybridized carbons (Fsp3) is 0.280. The van der Waals surface area contributed by atoms with E-state index < -0.39 is 19.8 Å². The van der Waals surface area contributed by atoms with Crippen molar-refractivity contribution in [3.8, 4) is 5.75 Å². The van der Waals surface area contributed by atoms with Crippen molar-refractivity contribution in [1.82, 2.24) is 19.5 Å². The van der Waals surface area contributed by atoms with E-state index in [1.165, 1.54) is 13.4 Å². The van der Waals surface area contributed by atoms with Crippen LogP contribution in [-0.4, -0.2) is 58.4 Å². The van der Waals surface area contributed by atoms with Gasteiger partial charge < -0.3 is 28.8 Å². The van der Waals surface area contributed by atoms with Gasteiger partial charge in [-0.05, 0) is 42.0 Å². The molecule has 12 nitrogen and oxygen atoms in total. The van der Waals surface area contributed by atoms with Crippen LogP contribution in [-0.2, 0) is 31.5 Å². The van der Waals surface area contributed by atoms with Gasteiger partial charge in [0.2, 0.25) is 5.95 Å². The Morgan fingerprint density at radius 1 is 1.15 bits per heavy atom. The van der Waals surface area contributed by atoms with Gasteiger partial charge in [0, 0.05) is 17.1 Å². The quantitative estimate of drug-likeness (QED) is 0.129. The number of aromatic nitrogens is 4. The fourth-order valence-corrected chi connectivity index (χ4v) is 5.12. The van der Waals surface area contributed by atoms with E-state index in [4.69, 9.17) is 35.9 Å². The minimum Gasteiger partial charge on any atom is -0.497 e. The van der Waals surface area contributed by atoms with Crippen LogP contribution < -0.4 is 16.0 Å². The van der Waals surface area contributed by atoms with Crippen molar-refractivity contribution in [3.63, 3.8) is 0 Å². The number of Topliss-reactive ketones (excluding diaryl/α,β-unsaturated/α-hetero) is 1. The smallest absolute Gasteiger partial charge is 0.333 e. The summed E-state index contributed by atoms with van der Waals surface area (Å²) >= 11 is 6.03. The van der Waals surface area contributed by atoms with Crippen LogP contribution in [0.4, 0.5) is 5.95 Å². The van der Waals surface area contributed by atoms with Gasteiger partial charge in [-0.2, -0.15) is 4.98 Å². The zero-order valence-corrected chi connectivity index (χ0v) is 22.7. The van der Waals surface area contributed by atoms with Gasteiger partial charge in [-0.1, -0.05) is 23.7 Å². The minimum absolute atomic E-state index is 0.0192. The van der Waals surface area contributed by atoms with Crippen LogP contribution in [0.15, 0.2) is 59.7 Å². The van der Waals surface area contributed by atoms with E-state index >= 15 is 0 Å². The van der Waals surface area contributed by atoms with Crippen LogP contribution in [0.5, 0.6) is 5.75 Å². The highest BCUT2D eigenvalue weighted by Crippen LogP contribution is 2.48. The number of ether oxygens (including phenoxy) is 2. The van der Waals surface area contributed by atoms with Crippen LogP contribution in [0.1, 0.15) is 15.9 Å². The number of hydrogen-bond donors (Lipinski definition) is 2. The van der Waals surface area contributed by atoms with E-state index in [9.17, 15) is 14.2 Å². The molecule has 2 aromatic heterocycles. The number of imidazole rings is 1. The van der Waals surface area contributed by atoms with Gasteiger partial charge in [-0.3, -0.25) is 19.1 Å². The first-order chi connectivity index (χ1) is 18.8. The molecule has 0 aliphatic heterocycles. The summed E-state index contributed by atoms with van der Waals surface area (Å²) in [6, 6.07) is 13.4. The highest BCUT2D eigenvalue weighted by Gasteiger charge is 2.26. The molecule has 2 aromatic carbocycles. The number of benzene rings is 2. The van der Waals surface area contributed by atoms with E-state index in [1.54, 1.807) is 53.1 Å². The van der Waals surface area contributed by atoms with Crippen LogP contribution in [0.2, 0.25) is 5.02 Å². The lowest BCUT2D eigenvalue weighted by atomic mass is 10.1. The molecule has 0 aliphatic carbocycles. The zero-order valence-electron chi connectivity index (χ0n) is 21.0. The number of nitrogens with zero attached hydrogens (tertiary/aromatic N) is 3. The van der Waals surface area contributed by atoms with Crippen LogP contribution in [0.25, 0.3) is 11.2 Å². The van der Waals surface area contributed by atoms with Gasteiger partial charge in [0.25, 0.3) is 5.56 Å². The first kappa shape index (κ1) is 28.5. The Balaban J connectivity index is 1.35. The Hall–Kier alpha value is -3.54. The Labute approximate surface area is 228 Å². The average molecular weight is 576 g/mol. The molecule has 4 rings (SSSR count). The third kappa shape index (κ3) is 7.75. The first-order valence-electron chi connectivity index (χ1n) is 11.8. The van der Waals surface area contributed by atoms with E-state index in [2.05, 4.69) is 15.0 Å². The molecule has 0 amide bonds. The van der Waals surface area contributed by atoms with Gasteiger partial charge >= 0.3 is 7.60 Å². The van der Waals surface area contributed by atoms with E-state index in [1.807, 2.05) is 0 Å². The number of carbonyl (C=O) groups is 1. The summed E-state index contributed by atoms with van der Waals surface area (Å²) in [6.45, 7) is 0.0567. The molecule has 0 fully saturated rings. The Kier molecular flexibility index (Phi) is 9.50. The molecule has 0 aliphatic rings. The standard InChI is InChI=1S/C25H27ClN5O7P/c1-35-20-7-5-18(6-8-20)21(32)15-38-39(34,37-14-17-3-2-4-19(26)13-17)12-11-36-10-9-31-16-28-22-23(31)29-25(27)30-24(22)33/h2-8,13,16H,9-12,14-15H2,1H3,(H3,27,29,30,33). The summed E-state index contributed by atoms with van der Waals surface area (Å²) in [5.74, 6) is 0.225. The molecule has 39 heavy (non-hydrogen) atoms. The van der Waals surface area contributed by atoms with Gasteiger partial charge in [-0.25, -0.2) is 4.98 Å². The maximum Gasteiger partial charge on any atom is 0.333 e. The molecule has 14 heteroatoms. The fourth-order valence-electron chi connectivity index (χ4n) is 3.56. The normalized spacial score (nSPS) is 12.9. The number of rotatable bonds is 14. The van der Waals surface area contributed by atoms with E-state index in [0.29, 0.717) is 34.1 Å². The van der Waals surface area contributed by atoms with Crippen LogP contribution in [0, 0.1) is 0 Å². The summed E-state index contributed by atoms with van der Waals surface area (Å²) in [5, 5.41) is 0.509. The topological polar surface area (TPSA) is 161 Å². The summed E-state index contributed by atoms with van der Waals surface area (Å²) < 4.78 is 37.2. The monoisotopic (exact) mass is 575 g/mol. The summed E-state index contributed by atoms with van der Waals surface area (Å²) in [4.78, 5) is 35.1. The molecule has 4 aromatic rings. The number of carbonyl (C=O) groups excluding carboxylic acids is 1. The summed E-state index contributed by atoms with van der Waals surface area (Å²) in [5.41, 5.74) is 6.76. The second-order valence-electron chi connectivity index (χ2n) is 8.34. The second-order valence-corrected chi connectivity index (χ2v) is 11.0. The lowest BCUT2D eigenvalue weighted by molar-refractivity contribution is 0.0885. The number of nitrogen functional groups attached to an aromatic ring is 1. The van der Waals surface area contributed by atoms with Crippen molar-refractivity contribution in [2.24, 2.45) is 0 Å². The third-order valence-corrected chi connectivity index (χ3v) is 7.61. The molecule has 0 saturated carbocycles. The lowest BCUT2D eigenvalue weighted by Crippen LogP contribution is -2.15. The highest BCUT2D eigenvalue weighted by atomic mass is 35.5. The number of methoxy groups -OCH3 is 1. The number of aromatic amines is 1. The molecule has 0 saturated heterocycles. The van der Waals surface area contributed by atoms with Gasteiger partial charge in [-0.15, -0.1) is 0 Å². The number of nitrogens with one attached hydrogen (secondary N) is 1. The number of hydrogen-bond acceptors (Lipinski definition) is 10. The summed E-state index contributed by atoms with van der Waals surface area (Å²) in [6.07, 6.45) is 1.36. The molecule has 1 atom stereocenters. The Morgan fingerprint density at radius 3 is 2.69 bits per heavy atom. The van der Waals surface area contributed by atoms with E-state index in [-0.39, 0.29) is 43.2 Å². The van der Waals surface area contributed by atoms with Crippen molar-refractivity contribution < 1.29 is 27.9 Å². The van der Waals surface area contributed by atoms with Crippen LogP contribution in [0.3, 0.4) is 0 Å². The van der Waals surface area contributed by atoms with E-state index in [0.717, 1.165) is 0 Å². The number of H-pyrrole nitrogens is 1. The number of anilines is 1. The predicted octanol–water partition coefficient (Wildman–Crippen LogP) is 3.69. The number of halogens is 1. The van der Waals surface area contributed by atoms with Gasteiger partial charge in [0.1, 0.15) is 12.4 Å².